The molecule has 0 bridgehead atoms. The minimum atomic E-state index is 0.364. The van der Waals surface area contributed by atoms with Gasteiger partial charge < -0.3 is 10.6 Å². The molecule has 0 atom stereocenters. The molecule has 1 rings (SSSR count). The van der Waals surface area contributed by atoms with Gasteiger partial charge in [-0.25, -0.2) is 0 Å². The second-order valence-corrected chi connectivity index (χ2v) is 4.83. The fraction of sp³-hybridized carbons (Fsp3) is 0.462. The van der Waals surface area contributed by atoms with Gasteiger partial charge in [0.1, 0.15) is 4.99 Å². The zero-order valence-electron chi connectivity index (χ0n) is 10.4. The van der Waals surface area contributed by atoms with Gasteiger partial charge in [0, 0.05) is 18.8 Å². The molecule has 0 aliphatic carbocycles. The second-order valence-electron chi connectivity index (χ2n) is 3.99. The average Bonchev–Trinajstić information content (AvgIpc) is 2.28. The highest BCUT2D eigenvalue weighted by atomic mass is 35.5. The van der Waals surface area contributed by atoms with E-state index in [1.54, 1.807) is 0 Å². The third-order valence-corrected chi connectivity index (χ3v) is 3.08. The minimum absolute atomic E-state index is 0.364. The van der Waals surface area contributed by atoms with E-state index in [0.717, 1.165) is 37.2 Å². The van der Waals surface area contributed by atoms with Crippen LogP contribution in [-0.2, 0) is 0 Å². The molecule has 0 spiro atoms. The molecule has 0 saturated carbocycles. The highest BCUT2D eigenvalue weighted by Crippen LogP contribution is 2.27. The smallest absolute Gasteiger partial charge is 0.107 e. The first kappa shape index (κ1) is 14.3. The van der Waals surface area contributed by atoms with Crippen LogP contribution >= 0.6 is 23.8 Å². The Bertz CT molecular complexity index is 387. The normalized spacial score (nSPS) is 10.3. The summed E-state index contributed by atoms with van der Waals surface area (Å²) in [7, 11) is 0. The van der Waals surface area contributed by atoms with Crippen molar-refractivity contribution in [3.63, 3.8) is 0 Å². The van der Waals surface area contributed by atoms with Crippen molar-refractivity contribution in [1.29, 1.82) is 0 Å². The molecule has 2 N–H and O–H groups in total. The van der Waals surface area contributed by atoms with E-state index in [0.29, 0.717) is 10.0 Å². The Balaban J connectivity index is 3.17. The number of thiocarbonyl (C=S) groups is 1. The van der Waals surface area contributed by atoms with Crippen LogP contribution in [0.1, 0.15) is 32.3 Å². The Morgan fingerprint density at radius 1 is 1.29 bits per heavy atom. The topological polar surface area (TPSA) is 29.3 Å². The molecule has 0 fully saturated rings. The molecule has 0 aromatic heterocycles. The molecule has 4 heteroatoms. The van der Waals surface area contributed by atoms with Crippen LogP contribution in [0.4, 0.5) is 5.69 Å². The molecular formula is C13H19ClN2S. The Morgan fingerprint density at radius 2 is 1.88 bits per heavy atom. The molecule has 94 valence electrons. The molecule has 2 nitrogen and oxygen atoms in total. The fourth-order valence-corrected chi connectivity index (χ4v) is 2.45. The zero-order chi connectivity index (χ0) is 12.8. The lowest BCUT2D eigenvalue weighted by Gasteiger charge is -2.26. The molecule has 0 amide bonds. The molecule has 0 unspecified atom stereocenters. The summed E-state index contributed by atoms with van der Waals surface area (Å²) in [5, 5.41) is 0.632. The molecule has 1 aromatic rings. The summed E-state index contributed by atoms with van der Waals surface area (Å²) in [5.74, 6) is 0. The summed E-state index contributed by atoms with van der Waals surface area (Å²) >= 11 is 11.3. The standard InChI is InChI=1S/C13H19ClN2S/c1-3-8-16(9-4-2)11-7-5-6-10(14)12(11)13(15)17/h5-7H,3-4,8-9H2,1-2H3,(H2,15,17). The number of rotatable bonds is 6. The van der Waals surface area contributed by atoms with E-state index >= 15 is 0 Å². The molecule has 0 aliphatic heterocycles. The monoisotopic (exact) mass is 270 g/mol. The van der Waals surface area contributed by atoms with Crippen LogP contribution in [0.25, 0.3) is 0 Å². The van der Waals surface area contributed by atoms with Crippen molar-refractivity contribution in [3.8, 4) is 0 Å². The number of nitrogens with two attached hydrogens (primary N) is 1. The quantitative estimate of drug-likeness (QED) is 0.801. The molecular weight excluding hydrogens is 252 g/mol. The van der Waals surface area contributed by atoms with E-state index in [2.05, 4.69) is 18.7 Å². The van der Waals surface area contributed by atoms with Crippen molar-refractivity contribution in [1.82, 2.24) is 0 Å². The van der Waals surface area contributed by atoms with Gasteiger partial charge in [0.2, 0.25) is 0 Å². The third kappa shape index (κ3) is 3.58. The van der Waals surface area contributed by atoms with E-state index < -0.39 is 0 Å². The second kappa shape index (κ2) is 6.82. The fourth-order valence-electron chi connectivity index (χ4n) is 1.91. The lowest BCUT2D eigenvalue weighted by atomic mass is 10.1. The van der Waals surface area contributed by atoms with Crippen LogP contribution in [0.2, 0.25) is 5.02 Å². The van der Waals surface area contributed by atoms with E-state index in [-0.39, 0.29) is 0 Å². The van der Waals surface area contributed by atoms with E-state index in [4.69, 9.17) is 29.6 Å². The van der Waals surface area contributed by atoms with Gasteiger partial charge in [0.15, 0.2) is 0 Å². The number of hydrogen-bond donors (Lipinski definition) is 1. The van der Waals surface area contributed by atoms with E-state index in [9.17, 15) is 0 Å². The van der Waals surface area contributed by atoms with Crippen molar-refractivity contribution >= 4 is 34.5 Å². The number of hydrogen-bond acceptors (Lipinski definition) is 2. The van der Waals surface area contributed by atoms with E-state index in [1.807, 2.05) is 18.2 Å². The minimum Gasteiger partial charge on any atom is -0.389 e. The number of halogens is 1. The third-order valence-electron chi connectivity index (χ3n) is 2.57. The predicted molar refractivity (Wildman–Crippen MR) is 80.1 cm³/mol. The maximum absolute atomic E-state index is 6.17. The van der Waals surface area contributed by atoms with Gasteiger partial charge >= 0.3 is 0 Å². The first-order valence-electron chi connectivity index (χ1n) is 5.95. The Labute approximate surface area is 114 Å². The molecule has 1 aromatic carbocycles. The predicted octanol–water partition coefficient (Wildman–Crippen LogP) is 3.60. The van der Waals surface area contributed by atoms with Gasteiger partial charge in [-0.15, -0.1) is 0 Å². The first-order valence-corrected chi connectivity index (χ1v) is 6.73. The Hall–Kier alpha value is -0.800. The van der Waals surface area contributed by atoms with Gasteiger partial charge in [-0.05, 0) is 25.0 Å². The number of nitrogens with zero attached hydrogens (tertiary/aromatic N) is 1. The van der Waals surface area contributed by atoms with Crippen molar-refractivity contribution in [2.75, 3.05) is 18.0 Å². The van der Waals surface area contributed by atoms with Gasteiger partial charge in [0.05, 0.1) is 10.6 Å². The van der Waals surface area contributed by atoms with Gasteiger partial charge in [-0.2, -0.15) is 0 Å². The maximum Gasteiger partial charge on any atom is 0.107 e. The van der Waals surface area contributed by atoms with Crippen molar-refractivity contribution < 1.29 is 0 Å². The molecule has 0 saturated heterocycles. The Kier molecular flexibility index (Phi) is 5.72. The lowest BCUT2D eigenvalue weighted by molar-refractivity contribution is 0.744. The SMILES string of the molecule is CCCN(CCC)c1cccc(Cl)c1C(N)=S. The average molecular weight is 271 g/mol. The highest BCUT2D eigenvalue weighted by Gasteiger charge is 2.14. The van der Waals surface area contributed by atoms with Crippen molar-refractivity contribution in [2.45, 2.75) is 26.7 Å². The van der Waals surface area contributed by atoms with Crippen LogP contribution < -0.4 is 10.6 Å². The van der Waals surface area contributed by atoms with Crippen molar-refractivity contribution in [3.05, 3.63) is 28.8 Å². The van der Waals surface area contributed by atoms with Crippen molar-refractivity contribution in [2.24, 2.45) is 5.73 Å². The molecule has 0 heterocycles. The van der Waals surface area contributed by atoms with Gasteiger partial charge in [0.25, 0.3) is 0 Å². The van der Waals surface area contributed by atoms with Gasteiger partial charge in [-0.1, -0.05) is 43.7 Å². The summed E-state index contributed by atoms with van der Waals surface area (Å²) in [6.45, 7) is 6.30. The van der Waals surface area contributed by atoms with E-state index in [1.165, 1.54) is 0 Å². The highest BCUT2D eigenvalue weighted by molar-refractivity contribution is 7.80. The van der Waals surface area contributed by atoms with Crippen LogP contribution in [-0.4, -0.2) is 18.1 Å². The van der Waals surface area contributed by atoms with Gasteiger partial charge in [-0.3, -0.25) is 0 Å². The molecule has 0 aliphatic rings. The largest absolute Gasteiger partial charge is 0.389 e. The van der Waals surface area contributed by atoms with Crippen LogP contribution in [0.15, 0.2) is 18.2 Å². The molecule has 0 radical (unpaired) electrons. The Morgan fingerprint density at radius 3 is 2.35 bits per heavy atom. The number of anilines is 1. The maximum atomic E-state index is 6.17. The molecule has 17 heavy (non-hydrogen) atoms. The van der Waals surface area contributed by atoms with Crippen LogP contribution in [0, 0.1) is 0 Å². The summed E-state index contributed by atoms with van der Waals surface area (Å²) in [4.78, 5) is 2.66. The first-order chi connectivity index (χ1) is 8.11. The number of benzene rings is 1. The van der Waals surface area contributed by atoms with Crippen LogP contribution in [0.3, 0.4) is 0 Å². The van der Waals surface area contributed by atoms with Crippen LogP contribution in [0.5, 0.6) is 0 Å². The zero-order valence-corrected chi connectivity index (χ0v) is 11.9. The summed E-state index contributed by atoms with van der Waals surface area (Å²) in [5.41, 5.74) is 7.61. The summed E-state index contributed by atoms with van der Waals surface area (Å²) < 4.78 is 0. The summed E-state index contributed by atoms with van der Waals surface area (Å²) in [6, 6.07) is 5.80. The summed E-state index contributed by atoms with van der Waals surface area (Å²) in [6.07, 6.45) is 2.17. The lowest BCUT2D eigenvalue weighted by Crippen LogP contribution is -2.28.